The van der Waals surface area contributed by atoms with E-state index in [1.807, 2.05) is 13.0 Å². The van der Waals surface area contributed by atoms with E-state index in [4.69, 9.17) is 14.2 Å². The van der Waals surface area contributed by atoms with E-state index in [9.17, 15) is 9.59 Å². The minimum absolute atomic E-state index is 0.0431. The molecule has 0 radical (unpaired) electrons. The van der Waals surface area contributed by atoms with Crippen LogP contribution in [-0.4, -0.2) is 54.9 Å². The van der Waals surface area contributed by atoms with Gasteiger partial charge >= 0.3 is 0 Å². The van der Waals surface area contributed by atoms with Gasteiger partial charge in [0, 0.05) is 31.5 Å². The first-order chi connectivity index (χ1) is 13.0. The molecule has 27 heavy (non-hydrogen) atoms. The molecule has 0 N–H and O–H groups in total. The van der Waals surface area contributed by atoms with Gasteiger partial charge in [0.25, 0.3) is 11.5 Å². The van der Waals surface area contributed by atoms with Gasteiger partial charge in [0.2, 0.25) is 0 Å². The van der Waals surface area contributed by atoms with Crippen LogP contribution in [0.4, 0.5) is 0 Å². The summed E-state index contributed by atoms with van der Waals surface area (Å²) < 4.78 is 17.8. The van der Waals surface area contributed by atoms with Crippen molar-refractivity contribution < 1.29 is 19.0 Å². The second-order valence-electron chi connectivity index (χ2n) is 6.55. The third-order valence-electron chi connectivity index (χ3n) is 4.57. The lowest BCUT2D eigenvalue weighted by Gasteiger charge is -2.39. The maximum Gasteiger partial charge on any atom is 0.254 e. The molecule has 2 aromatic rings. The normalized spacial score (nSPS) is 14.0. The van der Waals surface area contributed by atoms with E-state index >= 15 is 0 Å². The molecule has 7 heteroatoms. The van der Waals surface area contributed by atoms with E-state index in [-0.39, 0.29) is 17.6 Å². The molecule has 1 amide bonds. The number of carbonyl (C=O) groups excluding carboxylic acids is 1. The number of benzene rings is 1. The second-order valence-corrected chi connectivity index (χ2v) is 6.55. The van der Waals surface area contributed by atoms with Crippen molar-refractivity contribution in [1.82, 2.24) is 9.47 Å². The summed E-state index contributed by atoms with van der Waals surface area (Å²) >= 11 is 0. The minimum atomic E-state index is -0.106. The molecule has 0 unspecified atom stereocenters. The number of carbonyl (C=O) groups is 1. The van der Waals surface area contributed by atoms with E-state index in [1.165, 1.54) is 6.07 Å². The number of likely N-dealkylation sites (tertiary alicyclic amines) is 1. The Labute approximate surface area is 158 Å². The maximum absolute atomic E-state index is 12.5. The molecule has 0 atom stereocenters. The fourth-order valence-corrected chi connectivity index (χ4v) is 2.79. The van der Waals surface area contributed by atoms with Crippen molar-refractivity contribution in [3.8, 4) is 11.5 Å². The Morgan fingerprint density at radius 3 is 2.44 bits per heavy atom. The topological polar surface area (TPSA) is 70.0 Å². The number of ether oxygens (including phenoxy) is 3. The van der Waals surface area contributed by atoms with E-state index < -0.39 is 0 Å². The first-order valence-corrected chi connectivity index (χ1v) is 8.83. The van der Waals surface area contributed by atoms with Gasteiger partial charge in [-0.05, 0) is 37.3 Å². The predicted octanol–water partition coefficient (Wildman–Crippen LogP) is 1.62. The van der Waals surface area contributed by atoms with Gasteiger partial charge in [-0.15, -0.1) is 0 Å². The SMILES string of the molecule is COCCOc1ccc(C(=O)N2CC(Oc3cc(C)n(C)c(=O)c3)C2)cc1. The molecule has 0 saturated carbocycles. The number of hydrogen-bond donors (Lipinski definition) is 0. The fourth-order valence-electron chi connectivity index (χ4n) is 2.79. The van der Waals surface area contributed by atoms with Crippen LogP contribution in [-0.2, 0) is 11.8 Å². The quantitative estimate of drug-likeness (QED) is 0.691. The van der Waals surface area contributed by atoms with E-state index in [1.54, 1.807) is 47.9 Å². The summed E-state index contributed by atoms with van der Waals surface area (Å²) in [5.41, 5.74) is 1.33. The molecule has 1 aromatic heterocycles. The summed E-state index contributed by atoms with van der Waals surface area (Å²) in [4.78, 5) is 26.0. The van der Waals surface area contributed by atoms with Crippen molar-refractivity contribution >= 4 is 5.91 Å². The molecule has 0 bridgehead atoms. The van der Waals surface area contributed by atoms with Gasteiger partial charge in [-0.2, -0.15) is 0 Å². The molecular weight excluding hydrogens is 348 g/mol. The third-order valence-corrected chi connectivity index (χ3v) is 4.57. The van der Waals surface area contributed by atoms with Gasteiger partial charge in [-0.3, -0.25) is 9.59 Å². The lowest BCUT2D eigenvalue weighted by atomic mass is 10.1. The smallest absolute Gasteiger partial charge is 0.254 e. The maximum atomic E-state index is 12.5. The number of hydrogen-bond acceptors (Lipinski definition) is 5. The molecule has 2 heterocycles. The molecule has 0 aliphatic carbocycles. The average Bonchev–Trinajstić information content (AvgIpc) is 2.62. The lowest BCUT2D eigenvalue weighted by molar-refractivity contribution is 0.0176. The Kier molecular flexibility index (Phi) is 5.81. The number of methoxy groups -OCH3 is 1. The summed E-state index contributed by atoms with van der Waals surface area (Å²) in [5.74, 6) is 1.21. The zero-order valence-corrected chi connectivity index (χ0v) is 15.8. The Balaban J connectivity index is 1.51. The number of rotatable bonds is 7. The van der Waals surface area contributed by atoms with Crippen molar-refractivity contribution in [1.29, 1.82) is 0 Å². The molecule has 1 aliphatic rings. The van der Waals surface area contributed by atoms with Crippen LogP contribution in [0.5, 0.6) is 11.5 Å². The molecule has 1 aliphatic heterocycles. The molecule has 3 rings (SSSR count). The van der Waals surface area contributed by atoms with Gasteiger partial charge in [-0.25, -0.2) is 0 Å². The highest BCUT2D eigenvalue weighted by atomic mass is 16.5. The molecule has 1 saturated heterocycles. The average molecular weight is 372 g/mol. The Morgan fingerprint density at radius 2 is 1.81 bits per heavy atom. The molecule has 1 aromatic carbocycles. The summed E-state index contributed by atoms with van der Waals surface area (Å²) in [7, 11) is 3.34. The molecule has 7 nitrogen and oxygen atoms in total. The molecular formula is C20H24N2O5. The highest BCUT2D eigenvalue weighted by Crippen LogP contribution is 2.21. The van der Waals surface area contributed by atoms with Crippen molar-refractivity contribution in [2.75, 3.05) is 33.4 Å². The Morgan fingerprint density at radius 1 is 1.11 bits per heavy atom. The minimum Gasteiger partial charge on any atom is -0.491 e. The lowest BCUT2D eigenvalue weighted by Crippen LogP contribution is -2.56. The number of nitrogens with zero attached hydrogens (tertiary/aromatic N) is 2. The van der Waals surface area contributed by atoms with E-state index in [2.05, 4.69) is 0 Å². The number of amides is 1. The monoisotopic (exact) mass is 372 g/mol. The van der Waals surface area contributed by atoms with Crippen LogP contribution in [0.15, 0.2) is 41.2 Å². The van der Waals surface area contributed by atoms with Gasteiger partial charge in [0.05, 0.1) is 19.7 Å². The van der Waals surface area contributed by atoms with Crippen LogP contribution in [0.3, 0.4) is 0 Å². The van der Waals surface area contributed by atoms with Gasteiger partial charge in [0.15, 0.2) is 0 Å². The number of aromatic nitrogens is 1. The molecule has 1 fully saturated rings. The Bertz CT molecular complexity index is 854. The fraction of sp³-hybridized carbons (Fsp3) is 0.400. The van der Waals surface area contributed by atoms with Crippen LogP contribution < -0.4 is 15.0 Å². The number of aryl methyl sites for hydroxylation is 1. The van der Waals surface area contributed by atoms with Crippen molar-refractivity contribution in [3.05, 3.63) is 58.0 Å². The third kappa shape index (κ3) is 4.49. The standard InChI is InChI=1S/C20H24N2O5/c1-14-10-17(11-19(23)21(14)2)27-18-12-22(13-18)20(24)15-4-6-16(7-5-15)26-9-8-25-3/h4-7,10-11,18H,8-9,12-13H2,1-3H3. The van der Waals surface area contributed by atoms with Crippen LogP contribution in [0.1, 0.15) is 16.1 Å². The van der Waals surface area contributed by atoms with Gasteiger partial charge in [0.1, 0.15) is 24.2 Å². The van der Waals surface area contributed by atoms with Crippen molar-refractivity contribution in [2.45, 2.75) is 13.0 Å². The van der Waals surface area contributed by atoms with Crippen LogP contribution >= 0.6 is 0 Å². The highest BCUT2D eigenvalue weighted by molar-refractivity contribution is 5.94. The van der Waals surface area contributed by atoms with Crippen molar-refractivity contribution in [2.24, 2.45) is 7.05 Å². The Hall–Kier alpha value is -2.80. The number of pyridine rings is 1. The molecule has 0 spiro atoms. The van der Waals surface area contributed by atoms with Crippen molar-refractivity contribution in [3.63, 3.8) is 0 Å². The summed E-state index contributed by atoms with van der Waals surface area (Å²) in [6.45, 7) is 3.84. The highest BCUT2D eigenvalue weighted by Gasteiger charge is 2.33. The summed E-state index contributed by atoms with van der Waals surface area (Å²) in [5, 5.41) is 0. The summed E-state index contributed by atoms with van der Waals surface area (Å²) in [6, 6.07) is 10.4. The zero-order valence-electron chi connectivity index (χ0n) is 15.8. The van der Waals surface area contributed by atoms with Crippen LogP contribution in [0, 0.1) is 6.92 Å². The largest absolute Gasteiger partial charge is 0.491 e. The first kappa shape index (κ1) is 19.0. The zero-order chi connectivity index (χ0) is 19.4. The van der Waals surface area contributed by atoms with E-state index in [0.717, 1.165) is 5.69 Å². The molecule has 144 valence electrons. The van der Waals surface area contributed by atoms with Gasteiger partial charge < -0.3 is 23.7 Å². The van der Waals surface area contributed by atoms with Crippen LogP contribution in [0.25, 0.3) is 0 Å². The van der Waals surface area contributed by atoms with Crippen LogP contribution in [0.2, 0.25) is 0 Å². The first-order valence-electron chi connectivity index (χ1n) is 8.83. The summed E-state index contributed by atoms with van der Waals surface area (Å²) in [6.07, 6.45) is -0.0999. The predicted molar refractivity (Wildman–Crippen MR) is 101 cm³/mol. The second kappa shape index (κ2) is 8.26. The van der Waals surface area contributed by atoms with E-state index in [0.29, 0.717) is 43.4 Å². The van der Waals surface area contributed by atoms with Gasteiger partial charge in [-0.1, -0.05) is 0 Å².